The van der Waals surface area contributed by atoms with Gasteiger partial charge < -0.3 is 10.4 Å². The number of nitro groups is 1. The lowest BCUT2D eigenvalue weighted by molar-refractivity contribution is -0.386. The van der Waals surface area contributed by atoms with Gasteiger partial charge in [0.25, 0.3) is 0 Å². The Hall–Kier alpha value is -2.18. The SMILES string of the molecule is CC(C)C(CNc1cccc(F)c1[N+](=O)[O-])C(=O)O. The summed E-state index contributed by atoms with van der Waals surface area (Å²) in [6, 6.07) is 3.66. The number of nitro benzene ring substituents is 1. The van der Waals surface area contributed by atoms with E-state index in [4.69, 9.17) is 5.11 Å². The Bertz CT molecular complexity index is 491. The number of carbonyl (C=O) groups is 1. The van der Waals surface area contributed by atoms with Gasteiger partial charge in [0.05, 0.1) is 10.8 Å². The lowest BCUT2D eigenvalue weighted by Crippen LogP contribution is -2.27. The molecule has 0 radical (unpaired) electrons. The van der Waals surface area contributed by atoms with Crippen LogP contribution in [0.1, 0.15) is 13.8 Å². The summed E-state index contributed by atoms with van der Waals surface area (Å²) < 4.78 is 13.3. The Labute approximate surface area is 109 Å². The second-order valence-electron chi connectivity index (χ2n) is 4.46. The fraction of sp³-hybridized carbons (Fsp3) is 0.417. The van der Waals surface area contributed by atoms with Crippen LogP contribution in [-0.4, -0.2) is 22.5 Å². The maximum absolute atomic E-state index is 13.3. The maximum Gasteiger partial charge on any atom is 0.327 e. The molecule has 0 amide bonds. The summed E-state index contributed by atoms with van der Waals surface area (Å²) in [5, 5.41) is 22.4. The number of hydrogen-bond acceptors (Lipinski definition) is 4. The number of para-hydroxylation sites is 1. The van der Waals surface area contributed by atoms with Crippen molar-refractivity contribution < 1.29 is 19.2 Å². The molecule has 0 fully saturated rings. The molecule has 6 nitrogen and oxygen atoms in total. The van der Waals surface area contributed by atoms with Crippen LogP contribution < -0.4 is 5.32 Å². The smallest absolute Gasteiger partial charge is 0.327 e. The highest BCUT2D eigenvalue weighted by atomic mass is 19.1. The first-order chi connectivity index (χ1) is 8.84. The summed E-state index contributed by atoms with van der Waals surface area (Å²) in [5.74, 6) is -2.80. The molecule has 0 aliphatic rings. The molecular weight excluding hydrogens is 255 g/mol. The summed E-state index contributed by atoms with van der Waals surface area (Å²) in [6.45, 7) is 3.47. The van der Waals surface area contributed by atoms with Crippen LogP contribution in [0.25, 0.3) is 0 Å². The van der Waals surface area contributed by atoms with Crippen molar-refractivity contribution in [2.45, 2.75) is 13.8 Å². The van der Waals surface area contributed by atoms with Crippen LogP contribution in [0.4, 0.5) is 15.8 Å². The molecule has 0 aliphatic carbocycles. The Morgan fingerprint density at radius 3 is 2.63 bits per heavy atom. The van der Waals surface area contributed by atoms with E-state index in [1.165, 1.54) is 12.1 Å². The first kappa shape index (κ1) is 14.9. The van der Waals surface area contributed by atoms with Crippen LogP contribution in [-0.2, 0) is 4.79 Å². The van der Waals surface area contributed by atoms with E-state index >= 15 is 0 Å². The third-order valence-electron chi connectivity index (χ3n) is 2.80. The van der Waals surface area contributed by atoms with Crippen LogP contribution in [0.2, 0.25) is 0 Å². The second kappa shape index (κ2) is 6.12. The largest absolute Gasteiger partial charge is 0.481 e. The van der Waals surface area contributed by atoms with Crippen LogP contribution >= 0.6 is 0 Å². The van der Waals surface area contributed by atoms with Gasteiger partial charge in [-0.1, -0.05) is 19.9 Å². The van der Waals surface area contributed by atoms with Gasteiger partial charge in [-0.3, -0.25) is 14.9 Å². The number of benzene rings is 1. The van der Waals surface area contributed by atoms with E-state index in [1.807, 2.05) is 0 Å². The highest BCUT2D eigenvalue weighted by molar-refractivity contribution is 5.71. The summed E-state index contributed by atoms with van der Waals surface area (Å²) in [4.78, 5) is 20.9. The number of carboxylic acid groups (broad SMARTS) is 1. The Morgan fingerprint density at radius 2 is 2.16 bits per heavy atom. The Morgan fingerprint density at radius 1 is 1.53 bits per heavy atom. The predicted molar refractivity (Wildman–Crippen MR) is 67.5 cm³/mol. The topological polar surface area (TPSA) is 92.5 Å². The third kappa shape index (κ3) is 3.64. The van der Waals surface area contributed by atoms with Crippen molar-refractivity contribution in [1.82, 2.24) is 0 Å². The summed E-state index contributed by atoms with van der Waals surface area (Å²) in [5.41, 5.74) is -0.688. The van der Waals surface area contributed by atoms with E-state index in [2.05, 4.69) is 5.32 Å². The molecule has 19 heavy (non-hydrogen) atoms. The van der Waals surface area contributed by atoms with E-state index in [9.17, 15) is 19.3 Å². The fourth-order valence-corrected chi connectivity index (χ4v) is 1.67. The lowest BCUT2D eigenvalue weighted by Gasteiger charge is -2.17. The van der Waals surface area contributed by atoms with Gasteiger partial charge in [-0.05, 0) is 18.1 Å². The molecule has 1 rings (SSSR count). The minimum atomic E-state index is -0.999. The molecule has 7 heteroatoms. The summed E-state index contributed by atoms with van der Waals surface area (Å²) >= 11 is 0. The number of halogens is 1. The quantitative estimate of drug-likeness (QED) is 0.612. The molecule has 0 aromatic heterocycles. The summed E-state index contributed by atoms with van der Waals surface area (Å²) in [7, 11) is 0. The highest BCUT2D eigenvalue weighted by Gasteiger charge is 2.24. The number of nitrogens with one attached hydrogen (secondary N) is 1. The van der Waals surface area contributed by atoms with Crippen molar-refractivity contribution in [3.8, 4) is 0 Å². The number of hydrogen-bond donors (Lipinski definition) is 2. The number of anilines is 1. The van der Waals surface area contributed by atoms with Crippen LogP contribution in [0.3, 0.4) is 0 Å². The molecule has 1 aromatic rings. The zero-order valence-corrected chi connectivity index (χ0v) is 10.6. The Kier molecular flexibility index (Phi) is 4.80. The first-order valence-corrected chi connectivity index (χ1v) is 5.74. The molecule has 0 bridgehead atoms. The van der Waals surface area contributed by atoms with Gasteiger partial charge in [-0.2, -0.15) is 4.39 Å². The van der Waals surface area contributed by atoms with Gasteiger partial charge in [-0.25, -0.2) is 0 Å². The van der Waals surface area contributed by atoms with Crippen LogP contribution in [0.5, 0.6) is 0 Å². The van der Waals surface area contributed by atoms with E-state index in [-0.39, 0.29) is 18.2 Å². The number of carboxylic acids is 1. The standard InChI is InChI=1S/C12H15FN2O4/c1-7(2)8(12(16)17)6-14-10-5-3-4-9(13)11(10)15(18)19/h3-5,7-8,14H,6H2,1-2H3,(H,16,17). The second-order valence-corrected chi connectivity index (χ2v) is 4.46. The summed E-state index contributed by atoms with van der Waals surface area (Å²) in [6.07, 6.45) is 0. The van der Waals surface area contributed by atoms with Gasteiger partial charge in [0.2, 0.25) is 5.82 Å². The van der Waals surface area contributed by atoms with Crippen molar-refractivity contribution in [3.05, 3.63) is 34.1 Å². The maximum atomic E-state index is 13.3. The number of nitrogens with zero attached hydrogens (tertiary/aromatic N) is 1. The Balaban J connectivity index is 2.91. The molecular formula is C12H15FN2O4. The first-order valence-electron chi connectivity index (χ1n) is 5.74. The number of rotatable bonds is 6. The van der Waals surface area contributed by atoms with Crippen molar-refractivity contribution in [2.24, 2.45) is 11.8 Å². The lowest BCUT2D eigenvalue weighted by atomic mass is 9.96. The van der Waals surface area contributed by atoms with Gasteiger partial charge in [0.15, 0.2) is 0 Å². The van der Waals surface area contributed by atoms with E-state index in [1.54, 1.807) is 13.8 Å². The van der Waals surface area contributed by atoms with Crippen LogP contribution in [0, 0.1) is 27.8 Å². The molecule has 1 atom stereocenters. The molecule has 0 spiro atoms. The molecule has 1 unspecified atom stereocenters. The fourth-order valence-electron chi connectivity index (χ4n) is 1.67. The molecule has 0 saturated carbocycles. The minimum Gasteiger partial charge on any atom is -0.481 e. The molecule has 0 heterocycles. The number of aliphatic carboxylic acids is 1. The van der Waals surface area contributed by atoms with Gasteiger partial charge in [-0.15, -0.1) is 0 Å². The van der Waals surface area contributed by atoms with Gasteiger partial charge in [0.1, 0.15) is 5.69 Å². The van der Waals surface area contributed by atoms with Gasteiger partial charge in [0, 0.05) is 6.54 Å². The minimum absolute atomic E-state index is 0.00269. The van der Waals surface area contributed by atoms with Crippen molar-refractivity contribution in [3.63, 3.8) is 0 Å². The molecule has 2 N–H and O–H groups in total. The van der Waals surface area contributed by atoms with Crippen LogP contribution in [0.15, 0.2) is 18.2 Å². The van der Waals surface area contributed by atoms with Crippen molar-refractivity contribution in [1.29, 1.82) is 0 Å². The molecule has 0 aliphatic heterocycles. The monoisotopic (exact) mass is 270 g/mol. The normalized spacial score (nSPS) is 12.2. The molecule has 0 saturated heterocycles. The van der Waals surface area contributed by atoms with E-state index in [0.717, 1.165) is 6.07 Å². The highest BCUT2D eigenvalue weighted by Crippen LogP contribution is 2.27. The third-order valence-corrected chi connectivity index (χ3v) is 2.80. The van der Waals surface area contributed by atoms with Crippen molar-refractivity contribution in [2.75, 3.05) is 11.9 Å². The molecule has 1 aromatic carbocycles. The van der Waals surface area contributed by atoms with Crippen molar-refractivity contribution >= 4 is 17.3 Å². The predicted octanol–water partition coefficient (Wildman–Crippen LogP) is 2.50. The zero-order chi connectivity index (χ0) is 14.6. The van der Waals surface area contributed by atoms with Gasteiger partial charge >= 0.3 is 11.7 Å². The van der Waals surface area contributed by atoms with E-state index < -0.39 is 28.3 Å². The van der Waals surface area contributed by atoms with E-state index in [0.29, 0.717) is 0 Å². The zero-order valence-electron chi connectivity index (χ0n) is 10.6. The molecule has 104 valence electrons. The average Bonchev–Trinajstić information content (AvgIpc) is 2.27. The average molecular weight is 270 g/mol.